The SMILES string of the molecule is COc1ccc(Cl)c2sc(NC(=O)c3cnccn3)nc12. The average Bonchev–Trinajstić information content (AvgIpc) is 2.93. The zero-order valence-electron chi connectivity index (χ0n) is 10.8. The van der Waals surface area contributed by atoms with E-state index in [1.54, 1.807) is 19.2 Å². The van der Waals surface area contributed by atoms with Crippen molar-refractivity contribution in [3.05, 3.63) is 41.4 Å². The second-order valence-corrected chi connectivity index (χ2v) is 5.40. The van der Waals surface area contributed by atoms with Crippen molar-refractivity contribution in [2.24, 2.45) is 0 Å². The monoisotopic (exact) mass is 320 g/mol. The second kappa shape index (κ2) is 5.63. The number of thiazole rings is 1. The van der Waals surface area contributed by atoms with Crippen molar-refractivity contribution < 1.29 is 9.53 Å². The lowest BCUT2D eigenvalue weighted by Gasteiger charge is -2.00. The Kier molecular flexibility index (Phi) is 3.68. The third kappa shape index (κ3) is 2.65. The van der Waals surface area contributed by atoms with Gasteiger partial charge in [-0.05, 0) is 12.1 Å². The van der Waals surface area contributed by atoms with Gasteiger partial charge in [0.05, 0.1) is 23.0 Å². The van der Waals surface area contributed by atoms with Crippen molar-refractivity contribution in [3.8, 4) is 5.75 Å². The van der Waals surface area contributed by atoms with Crippen molar-refractivity contribution in [2.45, 2.75) is 0 Å². The predicted octanol–water partition coefficient (Wildman–Crippen LogP) is 3.00. The number of anilines is 1. The van der Waals surface area contributed by atoms with Gasteiger partial charge < -0.3 is 4.74 Å². The number of rotatable bonds is 3. The maximum atomic E-state index is 12.0. The fourth-order valence-electron chi connectivity index (χ4n) is 1.75. The molecule has 0 saturated heterocycles. The van der Waals surface area contributed by atoms with E-state index in [0.29, 0.717) is 21.4 Å². The molecule has 0 spiro atoms. The van der Waals surface area contributed by atoms with Crippen LogP contribution in [-0.2, 0) is 0 Å². The average molecular weight is 321 g/mol. The van der Waals surface area contributed by atoms with Gasteiger partial charge in [0.1, 0.15) is 17.0 Å². The number of halogens is 1. The summed E-state index contributed by atoms with van der Waals surface area (Å²) in [6, 6.07) is 3.47. The van der Waals surface area contributed by atoms with E-state index in [0.717, 1.165) is 4.70 Å². The van der Waals surface area contributed by atoms with E-state index in [1.165, 1.54) is 29.9 Å². The van der Waals surface area contributed by atoms with Crippen molar-refractivity contribution >= 4 is 44.2 Å². The topological polar surface area (TPSA) is 77.0 Å². The first-order chi connectivity index (χ1) is 10.2. The maximum Gasteiger partial charge on any atom is 0.277 e. The molecule has 106 valence electrons. The highest BCUT2D eigenvalue weighted by Gasteiger charge is 2.15. The van der Waals surface area contributed by atoms with Crippen molar-refractivity contribution in [3.63, 3.8) is 0 Å². The first kappa shape index (κ1) is 13.7. The zero-order chi connectivity index (χ0) is 14.8. The molecule has 1 N–H and O–H groups in total. The molecule has 0 bridgehead atoms. The number of amides is 1. The van der Waals surface area contributed by atoms with E-state index in [1.807, 2.05) is 0 Å². The summed E-state index contributed by atoms with van der Waals surface area (Å²) in [5.41, 5.74) is 0.833. The van der Waals surface area contributed by atoms with Gasteiger partial charge in [0, 0.05) is 12.4 Å². The minimum Gasteiger partial charge on any atom is -0.494 e. The van der Waals surface area contributed by atoms with E-state index < -0.39 is 0 Å². The summed E-state index contributed by atoms with van der Waals surface area (Å²) in [5.74, 6) is 0.225. The van der Waals surface area contributed by atoms with Gasteiger partial charge in [-0.1, -0.05) is 22.9 Å². The van der Waals surface area contributed by atoms with Crippen LogP contribution >= 0.6 is 22.9 Å². The normalized spacial score (nSPS) is 10.6. The fraction of sp³-hybridized carbons (Fsp3) is 0.0769. The van der Waals surface area contributed by atoms with Crippen molar-refractivity contribution in [2.75, 3.05) is 12.4 Å². The summed E-state index contributed by atoms with van der Waals surface area (Å²) < 4.78 is 5.99. The van der Waals surface area contributed by atoms with Gasteiger partial charge in [0.25, 0.3) is 5.91 Å². The Morgan fingerprint density at radius 3 is 2.95 bits per heavy atom. The standard InChI is InChI=1S/C13H9ClN4O2S/c1-20-9-3-2-7(14)11-10(9)17-13(21-11)18-12(19)8-6-15-4-5-16-8/h2-6H,1H3,(H,17,18,19). The molecule has 0 unspecified atom stereocenters. The molecule has 2 heterocycles. The van der Waals surface area contributed by atoms with Gasteiger partial charge in [0.15, 0.2) is 5.13 Å². The van der Waals surface area contributed by atoms with Crippen LogP contribution in [0.1, 0.15) is 10.5 Å². The van der Waals surface area contributed by atoms with Crippen LogP contribution in [0.4, 0.5) is 5.13 Å². The third-order valence-electron chi connectivity index (χ3n) is 2.69. The van der Waals surface area contributed by atoms with Crippen LogP contribution in [0.5, 0.6) is 5.75 Å². The number of methoxy groups -OCH3 is 1. The Morgan fingerprint density at radius 2 is 2.24 bits per heavy atom. The van der Waals surface area contributed by atoms with E-state index in [9.17, 15) is 4.79 Å². The summed E-state index contributed by atoms with van der Waals surface area (Å²) in [6.45, 7) is 0. The largest absolute Gasteiger partial charge is 0.494 e. The Labute approximate surface area is 128 Å². The molecule has 0 atom stereocenters. The number of carbonyl (C=O) groups is 1. The summed E-state index contributed by atoms with van der Waals surface area (Å²) in [7, 11) is 1.56. The molecule has 2 aromatic heterocycles. The van der Waals surface area contributed by atoms with Crippen LogP contribution in [0.25, 0.3) is 10.2 Å². The number of aromatic nitrogens is 3. The van der Waals surface area contributed by atoms with Crippen LogP contribution < -0.4 is 10.1 Å². The van der Waals surface area contributed by atoms with Gasteiger partial charge >= 0.3 is 0 Å². The van der Waals surface area contributed by atoms with E-state index in [4.69, 9.17) is 16.3 Å². The molecule has 3 aromatic rings. The zero-order valence-corrected chi connectivity index (χ0v) is 12.4. The minimum atomic E-state index is -0.378. The number of carbonyl (C=O) groups excluding carboxylic acids is 1. The molecule has 21 heavy (non-hydrogen) atoms. The number of nitrogens with one attached hydrogen (secondary N) is 1. The van der Waals surface area contributed by atoms with Crippen molar-refractivity contribution in [1.82, 2.24) is 15.0 Å². The molecular formula is C13H9ClN4O2S. The molecule has 8 heteroatoms. The smallest absolute Gasteiger partial charge is 0.277 e. The molecule has 6 nitrogen and oxygen atoms in total. The predicted molar refractivity (Wildman–Crippen MR) is 81.2 cm³/mol. The quantitative estimate of drug-likeness (QED) is 0.802. The Hall–Kier alpha value is -2.25. The summed E-state index contributed by atoms with van der Waals surface area (Å²) >= 11 is 7.41. The summed E-state index contributed by atoms with van der Waals surface area (Å²) in [6.07, 6.45) is 4.34. The second-order valence-electron chi connectivity index (χ2n) is 3.99. The number of nitrogens with zero attached hydrogens (tertiary/aromatic N) is 3. The molecular weight excluding hydrogens is 312 g/mol. The Balaban J connectivity index is 1.95. The van der Waals surface area contributed by atoms with Crippen molar-refractivity contribution in [1.29, 1.82) is 0 Å². The van der Waals surface area contributed by atoms with Gasteiger partial charge in [0.2, 0.25) is 0 Å². The van der Waals surface area contributed by atoms with E-state index in [-0.39, 0.29) is 11.6 Å². The highest BCUT2D eigenvalue weighted by molar-refractivity contribution is 7.23. The number of hydrogen-bond acceptors (Lipinski definition) is 6. The van der Waals surface area contributed by atoms with Crippen LogP contribution in [0.15, 0.2) is 30.7 Å². The molecule has 1 amide bonds. The third-order valence-corrected chi connectivity index (χ3v) is 4.13. The summed E-state index contributed by atoms with van der Waals surface area (Å²) in [5, 5.41) is 3.66. The van der Waals surface area contributed by atoms with Crippen LogP contribution in [0.2, 0.25) is 5.02 Å². The maximum absolute atomic E-state index is 12.0. The molecule has 0 saturated carbocycles. The van der Waals surface area contributed by atoms with Crippen LogP contribution in [-0.4, -0.2) is 28.0 Å². The number of fused-ring (bicyclic) bond motifs is 1. The van der Waals surface area contributed by atoms with Gasteiger partial charge in [-0.3, -0.25) is 15.1 Å². The lowest BCUT2D eigenvalue weighted by atomic mass is 10.3. The molecule has 1 aromatic carbocycles. The lowest BCUT2D eigenvalue weighted by molar-refractivity contribution is 0.102. The molecule has 0 aliphatic heterocycles. The molecule has 0 fully saturated rings. The van der Waals surface area contributed by atoms with E-state index >= 15 is 0 Å². The Bertz CT molecular complexity index is 807. The van der Waals surface area contributed by atoms with Gasteiger partial charge in [-0.15, -0.1) is 0 Å². The number of benzene rings is 1. The number of hydrogen-bond donors (Lipinski definition) is 1. The summed E-state index contributed by atoms with van der Waals surface area (Å²) in [4.78, 5) is 24.1. The molecule has 0 aliphatic carbocycles. The lowest BCUT2D eigenvalue weighted by Crippen LogP contribution is -2.13. The molecule has 3 rings (SSSR count). The first-order valence-electron chi connectivity index (χ1n) is 5.89. The fourth-order valence-corrected chi connectivity index (χ4v) is 2.90. The molecule has 0 aliphatic rings. The Morgan fingerprint density at radius 1 is 1.38 bits per heavy atom. The van der Waals surface area contributed by atoms with Crippen LogP contribution in [0.3, 0.4) is 0 Å². The molecule has 0 radical (unpaired) electrons. The highest BCUT2D eigenvalue weighted by Crippen LogP contribution is 2.37. The van der Waals surface area contributed by atoms with Gasteiger partial charge in [-0.25, -0.2) is 9.97 Å². The van der Waals surface area contributed by atoms with Crippen LogP contribution in [0, 0.1) is 0 Å². The minimum absolute atomic E-state index is 0.217. The first-order valence-corrected chi connectivity index (χ1v) is 7.09. The van der Waals surface area contributed by atoms with E-state index in [2.05, 4.69) is 20.3 Å². The number of ether oxygens (including phenoxy) is 1. The highest BCUT2D eigenvalue weighted by atomic mass is 35.5. The van der Waals surface area contributed by atoms with Gasteiger partial charge in [-0.2, -0.15) is 0 Å².